The van der Waals surface area contributed by atoms with Crippen LogP contribution in [0.25, 0.3) is 0 Å². The van der Waals surface area contributed by atoms with Gasteiger partial charge in [0.2, 0.25) is 0 Å². The van der Waals surface area contributed by atoms with Crippen LogP contribution in [0.4, 0.5) is 0 Å². The van der Waals surface area contributed by atoms with Crippen molar-refractivity contribution in [3.05, 3.63) is 54.0 Å². The number of nitrogens with one attached hydrogen (secondary N) is 1. The molecule has 7 heteroatoms. The Morgan fingerprint density at radius 1 is 1.13 bits per heavy atom. The molecule has 2 heterocycles. The molecule has 1 fully saturated rings. The van der Waals surface area contributed by atoms with Crippen molar-refractivity contribution >= 4 is 11.9 Å². The molecule has 0 radical (unpaired) electrons. The van der Waals surface area contributed by atoms with E-state index in [9.17, 15) is 4.79 Å². The van der Waals surface area contributed by atoms with Crippen LogP contribution in [0.2, 0.25) is 0 Å². The summed E-state index contributed by atoms with van der Waals surface area (Å²) in [4.78, 5) is 21.3. The first-order valence-electron chi connectivity index (χ1n) is 11.1. The van der Waals surface area contributed by atoms with Crippen LogP contribution in [0.5, 0.6) is 5.75 Å². The van der Waals surface area contributed by atoms with Gasteiger partial charge in [-0.15, -0.1) is 0 Å². The molecule has 1 aliphatic heterocycles. The van der Waals surface area contributed by atoms with Gasteiger partial charge in [-0.05, 0) is 49.1 Å². The number of guanidine groups is 1. The fraction of sp³-hybridized carbons (Fsp3) is 0.500. The fourth-order valence-electron chi connectivity index (χ4n) is 3.41. The van der Waals surface area contributed by atoms with E-state index >= 15 is 0 Å². The highest BCUT2D eigenvalue weighted by Gasteiger charge is 2.25. The second kappa shape index (κ2) is 11.4. The summed E-state index contributed by atoms with van der Waals surface area (Å²) in [6.45, 7) is 11.4. The summed E-state index contributed by atoms with van der Waals surface area (Å²) in [7, 11) is 0. The summed E-state index contributed by atoms with van der Waals surface area (Å²) < 4.78 is 11.0. The summed E-state index contributed by atoms with van der Waals surface area (Å²) in [5.74, 6) is 2.69. The number of benzene rings is 1. The molecule has 7 nitrogen and oxygen atoms in total. The van der Waals surface area contributed by atoms with Crippen LogP contribution in [0.3, 0.4) is 0 Å². The fourth-order valence-corrected chi connectivity index (χ4v) is 3.41. The van der Waals surface area contributed by atoms with Gasteiger partial charge in [-0.3, -0.25) is 9.79 Å². The number of aliphatic imine (C=N–C) groups is 1. The first-order valence-corrected chi connectivity index (χ1v) is 11.1. The minimum absolute atomic E-state index is 0.0487. The van der Waals surface area contributed by atoms with E-state index in [1.165, 1.54) is 11.8 Å². The van der Waals surface area contributed by atoms with Gasteiger partial charge in [-0.2, -0.15) is 0 Å². The minimum atomic E-state index is -0.0487. The maximum atomic E-state index is 12.4. The molecule has 0 saturated carbocycles. The monoisotopic (exact) mass is 426 g/mol. The molecule has 2 aromatic rings. The second-order valence-corrected chi connectivity index (χ2v) is 8.09. The molecule has 1 amide bonds. The summed E-state index contributed by atoms with van der Waals surface area (Å²) in [6, 6.07) is 11.7. The summed E-state index contributed by atoms with van der Waals surface area (Å²) in [6.07, 6.45) is 2.40. The van der Waals surface area contributed by atoms with E-state index in [0.29, 0.717) is 31.3 Å². The standard InChI is InChI=1S/C24H34N4O3/c1-4-25-24(26-12-11-20-7-9-21(10-8-20)31-18-19(2)3)28-15-13-27(14-16-28)23(29)22-6-5-17-30-22/h5-10,17,19H,4,11-16,18H2,1-3H3,(H,25,26). The Bertz CT molecular complexity index is 823. The zero-order chi connectivity index (χ0) is 22.1. The largest absolute Gasteiger partial charge is 0.493 e. The van der Waals surface area contributed by atoms with Crippen molar-refractivity contribution in [2.45, 2.75) is 27.2 Å². The highest BCUT2D eigenvalue weighted by Crippen LogP contribution is 2.14. The molecule has 1 N–H and O–H groups in total. The molecule has 0 atom stereocenters. The number of piperazine rings is 1. The van der Waals surface area contributed by atoms with E-state index in [-0.39, 0.29) is 5.91 Å². The Morgan fingerprint density at radius 2 is 1.84 bits per heavy atom. The van der Waals surface area contributed by atoms with Crippen molar-refractivity contribution in [3.63, 3.8) is 0 Å². The maximum absolute atomic E-state index is 12.4. The van der Waals surface area contributed by atoms with Crippen molar-refractivity contribution in [2.75, 3.05) is 45.9 Å². The first-order chi connectivity index (χ1) is 15.1. The van der Waals surface area contributed by atoms with Gasteiger partial charge in [0.1, 0.15) is 5.75 Å². The SMILES string of the molecule is CCNC(=NCCc1ccc(OCC(C)C)cc1)N1CCN(C(=O)c2ccco2)CC1. The summed E-state index contributed by atoms with van der Waals surface area (Å²) >= 11 is 0. The van der Waals surface area contributed by atoms with Crippen molar-refractivity contribution in [2.24, 2.45) is 10.9 Å². The van der Waals surface area contributed by atoms with Gasteiger partial charge in [0.05, 0.1) is 12.9 Å². The van der Waals surface area contributed by atoms with E-state index in [1.807, 2.05) is 17.0 Å². The lowest BCUT2D eigenvalue weighted by atomic mass is 10.1. The lowest BCUT2D eigenvalue weighted by Crippen LogP contribution is -2.53. The van der Waals surface area contributed by atoms with Crippen LogP contribution in [0, 0.1) is 5.92 Å². The number of hydrogen-bond acceptors (Lipinski definition) is 4. The summed E-state index contributed by atoms with van der Waals surface area (Å²) in [5.41, 5.74) is 1.24. The van der Waals surface area contributed by atoms with Crippen molar-refractivity contribution in [1.82, 2.24) is 15.1 Å². The molecule has 0 bridgehead atoms. The van der Waals surface area contributed by atoms with Crippen molar-refractivity contribution in [3.8, 4) is 5.75 Å². The number of hydrogen-bond donors (Lipinski definition) is 1. The Hall–Kier alpha value is -2.96. The predicted molar refractivity (Wildman–Crippen MR) is 123 cm³/mol. The first kappa shape index (κ1) is 22.7. The molecule has 0 aliphatic carbocycles. The molecular formula is C24H34N4O3. The van der Waals surface area contributed by atoms with Gasteiger partial charge in [0, 0.05) is 39.3 Å². The molecule has 1 aromatic heterocycles. The normalized spacial score (nSPS) is 14.8. The van der Waals surface area contributed by atoms with E-state index in [4.69, 9.17) is 14.1 Å². The minimum Gasteiger partial charge on any atom is -0.493 e. The number of furan rings is 1. The number of carbonyl (C=O) groups excluding carboxylic acids is 1. The van der Waals surface area contributed by atoms with Gasteiger partial charge in [0.25, 0.3) is 5.91 Å². The van der Waals surface area contributed by atoms with E-state index in [0.717, 1.165) is 44.4 Å². The molecule has 31 heavy (non-hydrogen) atoms. The molecule has 1 saturated heterocycles. The van der Waals surface area contributed by atoms with Crippen molar-refractivity contribution in [1.29, 1.82) is 0 Å². The molecule has 0 spiro atoms. The smallest absolute Gasteiger partial charge is 0.289 e. The lowest BCUT2D eigenvalue weighted by Gasteiger charge is -2.36. The highest BCUT2D eigenvalue weighted by molar-refractivity contribution is 5.91. The Kier molecular flexibility index (Phi) is 8.38. The average molecular weight is 427 g/mol. The highest BCUT2D eigenvalue weighted by atomic mass is 16.5. The van der Waals surface area contributed by atoms with Crippen LogP contribution < -0.4 is 10.1 Å². The van der Waals surface area contributed by atoms with Crippen LogP contribution >= 0.6 is 0 Å². The molecule has 168 valence electrons. The Balaban J connectivity index is 1.49. The molecule has 1 aromatic carbocycles. The topological polar surface area (TPSA) is 70.3 Å². The van der Waals surface area contributed by atoms with Crippen LogP contribution in [-0.2, 0) is 6.42 Å². The lowest BCUT2D eigenvalue weighted by molar-refractivity contribution is 0.0657. The van der Waals surface area contributed by atoms with Gasteiger partial charge in [0.15, 0.2) is 11.7 Å². The Labute approximate surface area is 185 Å². The third kappa shape index (κ3) is 6.77. The summed E-state index contributed by atoms with van der Waals surface area (Å²) in [5, 5.41) is 3.38. The van der Waals surface area contributed by atoms with Crippen LogP contribution in [0.15, 0.2) is 52.1 Å². The number of rotatable bonds is 8. The van der Waals surface area contributed by atoms with E-state index in [1.54, 1.807) is 12.1 Å². The predicted octanol–water partition coefficient (Wildman–Crippen LogP) is 3.28. The number of carbonyl (C=O) groups is 1. The number of ether oxygens (including phenoxy) is 1. The zero-order valence-corrected chi connectivity index (χ0v) is 18.8. The van der Waals surface area contributed by atoms with Crippen molar-refractivity contribution < 1.29 is 13.9 Å². The number of nitrogens with zero attached hydrogens (tertiary/aromatic N) is 3. The maximum Gasteiger partial charge on any atom is 0.289 e. The molecule has 1 aliphatic rings. The molecule has 3 rings (SSSR count). The van der Waals surface area contributed by atoms with Crippen LogP contribution in [-0.4, -0.2) is 67.5 Å². The number of amides is 1. The van der Waals surface area contributed by atoms with Crippen LogP contribution in [0.1, 0.15) is 36.9 Å². The second-order valence-electron chi connectivity index (χ2n) is 8.09. The third-order valence-electron chi connectivity index (χ3n) is 5.10. The van der Waals surface area contributed by atoms with E-state index < -0.39 is 0 Å². The van der Waals surface area contributed by atoms with Gasteiger partial charge in [-0.1, -0.05) is 26.0 Å². The van der Waals surface area contributed by atoms with E-state index in [2.05, 4.69) is 43.1 Å². The third-order valence-corrected chi connectivity index (χ3v) is 5.10. The Morgan fingerprint density at radius 3 is 2.45 bits per heavy atom. The average Bonchev–Trinajstić information content (AvgIpc) is 3.32. The molecule has 0 unspecified atom stereocenters. The molecular weight excluding hydrogens is 392 g/mol. The van der Waals surface area contributed by atoms with Gasteiger partial charge < -0.3 is 24.3 Å². The quantitative estimate of drug-likeness (QED) is 0.518. The van der Waals surface area contributed by atoms with Gasteiger partial charge >= 0.3 is 0 Å². The zero-order valence-electron chi connectivity index (χ0n) is 18.8. The van der Waals surface area contributed by atoms with Gasteiger partial charge in [-0.25, -0.2) is 0 Å².